The van der Waals surface area contributed by atoms with Gasteiger partial charge in [-0.3, -0.25) is 9.59 Å². The molecular weight excluding hydrogens is 423 g/mol. The number of ether oxygens (including phenoxy) is 1. The molecule has 0 fully saturated rings. The summed E-state index contributed by atoms with van der Waals surface area (Å²) in [7, 11) is 0. The number of benzene rings is 3. The number of carbonyl (C=O) groups excluding carboxylic acids is 2. The Morgan fingerprint density at radius 3 is 2.22 bits per heavy atom. The van der Waals surface area contributed by atoms with Gasteiger partial charge in [-0.2, -0.15) is 18.4 Å². The van der Waals surface area contributed by atoms with Crippen molar-refractivity contribution in [3.8, 4) is 11.8 Å². The fourth-order valence-corrected chi connectivity index (χ4v) is 2.65. The third-order valence-corrected chi connectivity index (χ3v) is 4.23. The highest BCUT2D eigenvalue weighted by Crippen LogP contribution is 2.30. The zero-order valence-electron chi connectivity index (χ0n) is 16.4. The van der Waals surface area contributed by atoms with Crippen molar-refractivity contribution in [2.24, 2.45) is 0 Å². The van der Waals surface area contributed by atoms with Crippen LogP contribution in [0.15, 0.2) is 72.8 Å². The minimum Gasteiger partial charge on any atom is -0.484 e. The van der Waals surface area contributed by atoms with Crippen LogP contribution in [0.3, 0.4) is 0 Å². The molecule has 0 aliphatic carbocycles. The number of alkyl halides is 3. The fraction of sp³-hybridized carbons (Fsp3) is 0.0870. The van der Waals surface area contributed by atoms with E-state index >= 15 is 0 Å². The van der Waals surface area contributed by atoms with Gasteiger partial charge in [-0.1, -0.05) is 6.07 Å². The van der Waals surface area contributed by atoms with E-state index in [-0.39, 0.29) is 11.6 Å². The van der Waals surface area contributed by atoms with Gasteiger partial charge in [0.1, 0.15) is 5.75 Å². The number of hydrogen-bond acceptors (Lipinski definition) is 4. The van der Waals surface area contributed by atoms with E-state index in [9.17, 15) is 22.8 Å². The highest BCUT2D eigenvalue weighted by atomic mass is 19.4. The summed E-state index contributed by atoms with van der Waals surface area (Å²) >= 11 is 0. The Morgan fingerprint density at radius 1 is 0.906 bits per heavy atom. The smallest absolute Gasteiger partial charge is 0.416 e. The first-order valence-electron chi connectivity index (χ1n) is 9.26. The van der Waals surface area contributed by atoms with Crippen LogP contribution in [0, 0.1) is 11.3 Å². The predicted octanol–water partition coefficient (Wildman–Crippen LogP) is 4.85. The van der Waals surface area contributed by atoms with E-state index in [1.54, 1.807) is 24.3 Å². The highest BCUT2D eigenvalue weighted by molar-refractivity contribution is 6.04. The van der Waals surface area contributed by atoms with E-state index in [1.807, 2.05) is 6.07 Å². The molecule has 0 bridgehead atoms. The van der Waals surface area contributed by atoms with Crippen LogP contribution in [0.4, 0.5) is 24.5 Å². The van der Waals surface area contributed by atoms with Gasteiger partial charge in [-0.25, -0.2) is 0 Å². The standard InChI is InChI=1S/C23H16F3N3O3/c24-23(25,26)17-2-1-3-19(12-17)28-21(30)14-32-20-10-6-16(7-11-20)22(31)29-18-8-4-15(13-27)5-9-18/h1-12H,14H2,(H,28,30)(H,29,31). The molecule has 0 atom stereocenters. The zero-order valence-corrected chi connectivity index (χ0v) is 16.4. The molecule has 0 unspecified atom stereocenters. The molecule has 3 aromatic rings. The van der Waals surface area contributed by atoms with Crippen LogP contribution in [-0.4, -0.2) is 18.4 Å². The predicted molar refractivity (Wildman–Crippen MR) is 111 cm³/mol. The van der Waals surface area contributed by atoms with Crippen LogP contribution < -0.4 is 15.4 Å². The Labute approximate surface area is 181 Å². The molecule has 0 aromatic heterocycles. The topological polar surface area (TPSA) is 91.2 Å². The molecule has 6 nitrogen and oxygen atoms in total. The van der Waals surface area contributed by atoms with Crippen molar-refractivity contribution in [2.75, 3.05) is 17.2 Å². The largest absolute Gasteiger partial charge is 0.484 e. The summed E-state index contributed by atoms with van der Waals surface area (Å²) in [6.45, 7) is -0.424. The van der Waals surface area contributed by atoms with E-state index < -0.39 is 24.3 Å². The average Bonchev–Trinajstić information content (AvgIpc) is 2.78. The molecule has 0 saturated carbocycles. The van der Waals surface area contributed by atoms with Gasteiger partial charge in [0.25, 0.3) is 11.8 Å². The first-order valence-corrected chi connectivity index (χ1v) is 9.26. The van der Waals surface area contributed by atoms with Crippen LogP contribution in [0.25, 0.3) is 0 Å². The third kappa shape index (κ3) is 6.09. The van der Waals surface area contributed by atoms with Crippen molar-refractivity contribution in [3.05, 3.63) is 89.5 Å². The number of anilines is 2. The van der Waals surface area contributed by atoms with E-state index in [1.165, 1.54) is 36.4 Å². The summed E-state index contributed by atoms with van der Waals surface area (Å²) in [5, 5.41) is 13.8. The van der Waals surface area contributed by atoms with Gasteiger partial charge < -0.3 is 15.4 Å². The molecule has 3 aromatic carbocycles. The molecule has 0 saturated heterocycles. The normalized spacial score (nSPS) is 10.7. The second kappa shape index (κ2) is 9.66. The zero-order chi connectivity index (χ0) is 23.1. The Bertz CT molecular complexity index is 1150. The molecule has 162 valence electrons. The number of amides is 2. The lowest BCUT2D eigenvalue weighted by Gasteiger charge is -2.11. The summed E-state index contributed by atoms with van der Waals surface area (Å²) in [6.07, 6.45) is -4.51. The summed E-state index contributed by atoms with van der Waals surface area (Å²) < 4.78 is 43.5. The van der Waals surface area contributed by atoms with E-state index in [0.29, 0.717) is 22.6 Å². The number of nitriles is 1. The minimum atomic E-state index is -4.51. The Morgan fingerprint density at radius 2 is 1.59 bits per heavy atom. The molecule has 32 heavy (non-hydrogen) atoms. The second-order valence-corrected chi connectivity index (χ2v) is 6.58. The van der Waals surface area contributed by atoms with Crippen molar-refractivity contribution < 1.29 is 27.5 Å². The van der Waals surface area contributed by atoms with E-state index in [4.69, 9.17) is 10.00 Å². The first kappa shape index (κ1) is 22.4. The van der Waals surface area contributed by atoms with Crippen molar-refractivity contribution in [3.63, 3.8) is 0 Å². The maximum absolute atomic E-state index is 12.7. The van der Waals surface area contributed by atoms with Crippen molar-refractivity contribution >= 4 is 23.2 Å². The lowest BCUT2D eigenvalue weighted by molar-refractivity contribution is -0.137. The van der Waals surface area contributed by atoms with Crippen molar-refractivity contribution in [1.29, 1.82) is 5.26 Å². The number of hydrogen-bond donors (Lipinski definition) is 2. The number of nitrogens with zero attached hydrogens (tertiary/aromatic N) is 1. The van der Waals surface area contributed by atoms with Crippen molar-refractivity contribution in [1.82, 2.24) is 0 Å². The molecular formula is C23H16F3N3O3. The van der Waals surface area contributed by atoms with Crippen LogP contribution in [0.2, 0.25) is 0 Å². The molecule has 2 amide bonds. The molecule has 3 rings (SSSR count). The quantitative estimate of drug-likeness (QED) is 0.575. The number of rotatable bonds is 6. The maximum atomic E-state index is 12.7. The Hall–Kier alpha value is -4.32. The summed E-state index contributed by atoms with van der Waals surface area (Å²) in [4.78, 5) is 24.3. The van der Waals surface area contributed by atoms with Crippen LogP contribution >= 0.6 is 0 Å². The average molecular weight is 439 g/mol. The fourth-order valence-electron chi connectivity index (χ4n) is 2.65. The SMILES string of the molecule is N#Cc1ccc(NC(=O)c2ccc(OCC(=O)Nc3cccc(C(F)(F)F)c3)cc2)cc1. The van der Waals surface area contributed by atoms with Gasteiger partial charge in [0, 0.05) is 16.9 Å². The Kier molecular flexibility index (Phi) is 6.75. The molecule has 0 spiro atoms. The molecule has 0 aliphatic heterocycles. The lowest BCUT2D eigenvalue weighted by Crippen LogP contribution is -2.20. The highest BCUT2D eigenvalue weighted by Gasteiger charge is 2.30. The van der Waals surface area contributed by atoms with Crippen LogP contribution in [0.1, 0.15) is 21.5 Å². The van der Waals surface area contributed by atoms with Gasteiger partial charge in [0.05, 0.1) is 17.2 Å². The van der Waals surface area contributed by atoms with Gasteiger partial charge in [0.2, 0.25) is 0 Å². The molecule has 9 heteroatoms. The first-order chi connectivity index (χ1) is 15.2. The van der Waals surface area contributed by atoms with Crippen LogP contribution in [0.5, 0.6) is 5.75 Å². The van der Waals surface area contributed by atoms with Gasteiger partial charge >= 0.3 is 6.18 Å². The maximum Gasteiger partial charge on any atom is 0.416 e. The summed E-state index contributed by atoms with van der Waals surface area (Å²) in [6, 6.07) is 18.6. The summed E-state index contributed by atoms with van der Waals surface area (Å²) in [5.74, 6) is -0.699. The van der Waals surface area contributed by atoms with Crippen LogP contribution in [-0.2, 0) is 11.0 Å². The number of nitrogens with one attached hydrogen (secondary N) is 2. The number of carbonyl (C=O) groups is 2. The van der Waals surface area contributed by atoms with Crippen molar-refractivity contribution in [2.45, 2.75) is 6.18 Å². The minimum absolute atomic E-state index is 0.00301. The second-order valence-electron chi connectivity index (χ2n) is 6.58. The lowest BCUT2D eigenvalue weighted by atomic mass is 10.2. The van der Waals surface area contributed by atoms with E-state index in [0.717, 1.165) is 12.1 Å². The van der Waals surface area contributed by atoms with E-state index in [2.05, 4.69) is 10.6 Å². The number of halogens is 3. The summed E-state index contributed by atoms with van der Waals surface area (Å²) in [5.41, 5.74) is 0.478. The van der Waals surface area contributed by atoms with Gasteiger partial charge in [0.15, 0.2) is 6.61 Å². The Balaban J connectivity index is 1.52. The third-order valence-electron chi connectivity index (χ3n) is 4.23. The monoisotopic (exact) mass is 439 g/mol. The molecule has 2 N–H and O–H groups in total. The molecule has 0 heterocycles. The van der Waals surface area contributed by atoms with Gasteiger partial charge in [-0.15, -0.1) is 0 Å². The van der Waals surface area contributed by atoms with Gasteiger partial charge in [-0.05, 0) is 66.7 Å². The molecule has 0 radical (unpaired) electrons. The molecule has 0 aliphatic rings.